The summed E-state index contributed by atoms with van der Waals surface area (Å²) in [6.45, 7) is 4.93. The highest BCUT2D eigenvalue weighted by Gasteiger charge is 2.60. The lowest BCUT2D eigenvalue weighted by atomic mass is 9.78. The molecule has 11 nitrogen and oxygen atoms in total. The molecule has 0 aromatic rings. The lowest BCUT2D eigenvalue weighted by Crippen LogP contribution is -2.66. The first-order valence-corrected chi connectivity index (χ1v) is 12.9. The standard InChI is InChI=1S/C22H32F2N6O5S/c1-8-15-14(9(2)29-20(32)18(23)24)21(33)30(15)16(22(34)35)17(8)36-12-4-11(26-7-12)6-28-19(31)13-3-10(25)5-27-13/h8-15,18,26-27H,3-7,25H2,1-2H3,(H,28,31)(H,29,32)(H,34,35)/t8-,9-,10-,11+,12+,13+,14-,15-/m1/s1. The third-order valence-corrected chi connectivity index (χ3v) is 8.89. The Morgan fingerprint density at radius 2 is 1.97 bits per heavy atom. The second kappa shape index (κ2) is 10.6. The van der Waals surface area contributed by atoms with Crippen molar-refractivity contribution in [3.63, 3.8) is 0 Å². The highest BCUT2D eigenvalue weighted by molar-refractivity contribution is 8.03. The number of thioether (sulfide) groups is 1. The van der Waals surface area contributed by atoms with Gasteiger partial charge in [-0.3, -0.25) is 14.4 Å². The van der Waals surface area contributed by atoms with E-state index in [9.17, 15) is 33.1 Å². The van der Waals surface area contributed by atoms with Gasteiger partial charge in [-0.2, -0.15) is 8.78 Å². The summed E-state index contributed by atoms with van der Waals surface area (Å²) in [6, 6.07) is -1.68. The molecule has 0 saturated carbocycles. The summed E-state index contributed by atoms with van der Waals surface area (Å²) < 4.78 is 25.3. The molecular weight excluding hydrogens is 498 g/mol. The van der Waals surface area contributed by atoms with Crippen molar-refractivity contribution in [2.45, 2.75) is 68.6 Å². The number of fused-ring (bicyclic) bond motifs is 1. The van der Waals surface area contributed by atoms with Crippen LogP contribution < -0.4 is 27.0 Å². The van der Waals surface area contributed by atoms with Gasteiger partial charge in [0.15, 0.2) is 0 Å². The molecule has 0 radical (unpaired) electrons. The van der Waals surface area contributed by atoms with Crippen LogP contribution in [0.1, 0.15) is 26.7 Å². The number of hydrogen-bond donors (Lipinski definition) is 6. The highest BCUT2D eigenvalue weighted by atomic mass is 32.2. The van der Waals surface area contributed by atoms with E-state index in [0.717, 1.165) is 0 Å². The molecule has 14 heteroatoms. The first-order valence-electron chi connectivity index (χ1n) is 12.0. The number of rotatable bonds is 9. The average Bonchev–Trinajstić information content (AvgIpc) is 3.50. The van der Waals surface area contributed by atoms with Crippen molar-refractivity contribution in [1.29, 1.82) is 0 Å². The van der Waals surface area contributed by atoms with Crippen LogP contribution in [-0.4, -0.2) is 95.2 Å². The number of nitrogens with zero attached hydrogens (tertiary/aromatic N) is 1. The summed E-state index contributed by atoms with van der Waals surface area (Å²) in [5.41, 5.74) is 5.76. The van der Waals surface area contributed by atoms with Crippen LogP contribution in [0.4, 0.5) is 8.78 Å². The average molecular weight is 531 g/mol. The lowest BCUT2D eigenvalue weighted by molar-refractivity contribution is -0.159. The fourth-order valence-electron chi connectivity index (χ4n) is 5.59. The SMILES string of the molecule is C[C@@H](NC(=O)C(F)F)[C@H]1C(=O)N2C(C(=O)O)=C(S[C@@H]3CN[C@H](CNC(=O)[C@@H]4C[C@@H](N)CN4)C3)[C@H](C)[C@H]12. The molecule has 3 fully saturated rings. The van der Waals surface area contributed by atoms with E-state index in [0.29, 0.717) is 37.4 Å². The molecule has 3 saturated heterocycles. The van der Waals surface area contributed by atoms with Crippen molar-refractivity contribution in [2.24, 2.45) is 17.6 Å². The van der Waals surface area contributed by atoms with E-state index in [1.807, 2.05) is 6.92 Å². The number of aliphatic carboxylic acids is 1. The lowest BCUT2D eigenvalue weighted by Gasteiger charge is -2.47. The Bertz CT molecular complexity index is 967. The van der Waals surface area contributed by atoms with Gasteiger partial charge in [0.2, 0.25) is 11.8 Å². The van der Waals surface area contributed by atoms with Crippen molar-refractivity contribution in [3.05, 3.63) is 10.6 Å². The van der Waals surface area contributed by atoms with Gasteiger partial charge in [0.1, 0.15) is 5.70 Å². The smallest absolute Gasteiger partial charge is 0.353 e. The van der Waals surface area contributed by atoms with Gasteiger partial charge in [-0.25, -0.2) is 4.79 Å². The number of amides is 3. The van der Waals surface area contributed by atoms with Gasteiger partial charge in [-0.05, 0) is 19.8 Å². The van der Waals surface area contributed by atoms with Crippen LogP contribution in [0.15, 0.2) is 10.6 Å². The Morgan fingerprint density at radius 3 is 2.58 bits per heavy atom. The minimum atomic E-state index is -3.20. The molecule has 0 bridgehead atoms. The Morgan fingerprint density at radius 1 is 1.25 bits per heavy atom. The summed E-state index contributed by atoms with van der Waals surface area (Å²) >= 11 is 1.40. The molecule has 3 amide bonds. The van der Waals surface area contributed by atoms with Crippen molar-refractivity contribution in [1.82, 2.24) is 26.2 Å². The van der Waals surface area contributed by atoms with Gasteiger partial charge >= 0.3 is 12.4 Å². The maximum atomic E-state index is 12.8. The van der Waals surface area contributed by atoms with E-state index >= 15 is 0 Å². The Balaban J connectivity index is 1.36. The minimum absolute atomic E-state index is 0.0168. The molecular formula is C22H32F2N6O5S. The number of alkyl halides is 2. The van der Waals surface area contributed by atoms with E-state index < -0.39 is 42.2 Å². The third-order valence-electron chi connectivity index (χ3n) is 7.38. The summed E-state index contributed by atoms with van der Waals surface area (Å²) in [5.74, 6) is -4.37. The molecule has 4 aliphatic heterocycles. The first-order chi connectivity index (χ1) is 17.0. The van der Waals surface area contributed by atoms with Gasteiger partial charge in [0.05, 0.1) is 18.0 Å². The quantitative estimate of drug-likeness (QED) is 0.201. The maximum absolute atomic E-state index is 12.8. The Hall–Kier alpha value is -2.29. The van der Waals surface area contributed by atoms with Crippen LogP contribution >= 0.6 is 11.8 Å². The largest absolute Gasteiger partial charge is 0.477 e. The number of halogens is 2. The van der Waals surface area contributed by atoms with Gasteiger partial charge in [0.25, 0.3) is 5.91 Å². The van der Waals surface area contributed by atoms with E-state index in [4.69, 9.17) is 5.73 Å². The Kier molecular flexibility index (Phi) is 7.88. The van der Waals surface area contributed by atoms with Gasteiger partial charge in [-0.15, -0.1) is 11.8 Å². The number of carbonyl (C=O) groups excluding carboxylic acids is 3. The normalized spacial score (nSPS) is 34.6. The fourth-order valence-corrected chi connectivity index (χ4v) is 7.11. The van der Waals surface area contributed by atoms with Crippen LogP contribution in [0.3, 0.4) is 0 Å². The van der Waals surface area contributed by atoms with Crippen molar-refractivity contribution in [3.8, 4) is 0 Å². The number of carboxylic acids is 1. The molecule has 4 aliphatic rings. The molecule has 0 aliphatic carbocycles. The zero-order chi connectivity index (χ0) is 26.3. The van der Waals surface area contributed by atoms with Gasteiger partial charge in [0, 0.05) is 53.8 Å². The summed E-state index contributed by atoms with van der Waals surface area (Å²) in [5, 5.41) is 21.4. The predicted molar refractivity (Wildman–Crippen MR) is 127 cm³/mol. The van der Waals surface area contributed by atoms with E-state index in [2.05, 4.69) is 21.3 Å². The predicted octanol–water partition coefficient (Wildman–Crippen LogP) is -1.20. The van der Waals surface area contributed by atoms with E-state index in [-0.39, 0.29) is 40.9 Å². The summed E-state index contributed by atoms with van der Waals surface area (Å²) in [7, 11) is 0. The molecule has 36 heavy (non-hydrogen) atoms. The molecule has 4 rings (SSSR count). The third kappa shape index (κ3) is 5.08. The van der Waals surface area contributed by atoms with Crippen LogP contribution in [0.25, 0.3) is 0 Å². The highest BCUT2D eigenvalue weighted by Crippen LogP contribution is 2.51. The number of hydrogen-bond acceptors (Lipinski definition) is 8. The zero-order valence-electron chi connectivity index (χ0n) is 20.0. The number of β-lactam (4-membered cyclic amide) rings is 1. The Labute approximate surface area is 211 Å². The van der Waals surface area contributed by atoms with Crippen molar-refractivity contribution >= 4 is 35.5 Å². The topological polar surface area (TPSA) is 166 Å². The molecule has 7 N–H and O–H groups in total. The molecule has 0 unspecified atom stereocenters. The maximum Gasteiger partial charge on any atom is 0.353 e. The van der Waals surface area contributed by atoms with Crippen LogP contribution in [-0.2, 0) is 19.2 Å². The van der Waals surface area contributed by atoms with Crippen LogP contribution in [0.2, 0.25) is 0 Å². The summed E-state index contributed by atoms with van der Waals surface area (Å²) in [4.78, 5) is 50.5. The zero-order valence-corrected chi connectivity index (χ0v) is 20.8. The number of carboxylic acid groups (broad SMARTS) is 1. The molecule has 4 heterocycles. The number of nitrogens with one attached hydrogen (secondary N) is 4. The monoisotopic (exact) mass is 530 g/mol. The van der Waals surface area contributed by atoms with Gasteiger partial charge < -0.3 is 37.0 Å². The molecule has 0 aromatic carbocycles. The summed E-state index contributed by atoms with van der Waals surface area (Å²) in [6.07, 6.45) is -1.92. The van der Waals surface area contributed by atoms with Crippen LogP contribution in [0.5, 0.6) is 0 Å². The van der Waals surface area contributed by atoms with E-state index in [1.165, 1.54) is 23.6 Å². The number of carbonyl (C=O) groups is 4. The second-order valence-electron chi connectivity index (χ2n) is 9.91. The van der Waals surface area contributed by atoms with Gasteiger partial charge in [-0.1, -0.05) is 6.92 Å². The molecule has 0 spiro atoms. The molecule has 200 valence electrons. The molecule has 8 atom stereocenters. The van der Waals surface area contributed by atoms with Crippen molar-refractivity contribution < 1.29 is 33.1 Å². The van der Waals surface area contributed by atoms with E-state index in [1.54, 1.807) is 0 Å². The number of nitrogens with two attached hydrogens (primary N) is 1. The first kappa shape index (κ1) is 26.8. The van der Waals surface area contributed by atoms with Crippen LogP contribution in [0, 0.1) is 11.8 Å². The minimum Gasteiger partial charge on any atom is -0.477 e. The fraction of sp³-hybridized carbons (Fsp3) is 0.727. The van der Waals surface area contributed by atoms with Crippen molar-refractivity contribution in [2.75, 3.05) is 19.6 Å². The second-order valence-corrected chi connectivity index (χ2v) is 11.3. The molecule has 0 aromatic heterocycles.